The highest BCUT2D eigenvalue weighted by Crippen LogP contribution is 2.38. The maximum Gasteiger partial charge on any atom is 0.124 e. The van der Waals surface area contributed by atoms with Gasteiger partial charge in [0.1, 0.15) is 11.9 Å². The summed E-state index contributed by atoms with van der Waals surface area (Å²) in [5.41, 5.74) is 2.75. The van der Waals surface area contributed by atoms with Crippen LogP contribution >= 0.6 is 0 Å². The van der Waals surface area contributed by atoms with Crippen molar-refractivity contribution in [1.82, 2.24) is 5.32 Å². The van der Waals surface area contributed by atoms with Crippen molar-refractivity contribution in [3.63, 3.8) is 0 Å². The van der Waals surface area contributed by atoms with Crippen molar-refractivity contribution in [3.05, 3.63) is 29.3 Å². The van der Waals surface area contributed by atoms with Crippen molar-refractivity contribution in [1.29, 1.82) is 0 Å². The SMILES string of the molecule is CCCC1Oc2ccc(CC)cc2C1NCC. The van der Waals surface area contributed by atoms with Crippen LogP contribution in [0.15, 0.2) is 18.2 Å². The van der Waals surface area contributed by atoms with Gasteiger partial charge in [-0.05, 0) is 31.0 Å². The first-order valence-corrected chi connectivity index (χ1v) is 6.83. The highest BCUT2D eigenvalue weighted by Gasteiger charge is 2.32. The van der Waals surface area contributed by atoms with Gasteiger partial charge in [0.05, 0.1) is 6.04 Å². The van der Waals surface area contributed by atoms with E-state index in [1.807, 2.05) is 0 Å². The number of likely N-dealkylation sites (N-methyl/N-ethyl adjacent to an activating group) is 1. The molecule has 0 aromatic heterocycles. The number of benzene rings is 1. The molecular formula is C15H23NO. The van der Waals surface area contributed by atoms with Gasteiger partial charge in [-0.25, -0.2) is 0 Å². The Bertz CT molecular complexity index is 375. The second-order valence-corrected chi connectivity index (χ2v) is 4.71. The number of hydrogen-bond donors (Lipinski definition) is 1. The van der Waals surface area contributed by atoms with E-state index < -0.39 is 0 Å². The summed E-state index contributed by atoms with van der Waals surface area (Å²) in [5.74, 6) is 1.08. The van der Waals surface area contributed by atoms with Crippen LogP contribution in [-0.2, 0) is 6.42 Å². The minimum absolute atomic E-state index is 0.307. The fourth-order valence-electron chi connectivity index (χ4n) is 2.57. The highest BCUT2D eigenvalue weighted by molar-refractivity contribution is 5.43. The fourth-order valence-corrected chi connectivity index (χ4v) is 2.57. The predicted octanol–water partition coefficient (Wildman–Crippen LogP) is 3.46. The third-order valence-electron chi connectivity index (χ3n) is 3.46. The lowest BCUT2D eigenvalue weighted by atomic mass is 9.98. The van der Waals surface area contributed by atoms with Gasteiger partial charge in [-0.3, -0.25) is 0 Å². The quantitative estimate of drug-likeness (QED) is 0.841. The topological polar surface area (TPSA) is 21.3 Å². The summed E-state index contributed by atoms with van der Waals surface area (Å²) in [6.45, 7) is 7.56. The third kappa shape index (κ3) is 2.47. The van der Waals surface area contributed by atoms with E-state index in [1.165, 1.54) is 17.5 Å². The molecule has 0 radical (unpaired) electrons. The Labute approximate surface area is 104 Å². The molecule has 0 saturated heterocycles. The average Bonchev–Trinajstić information content (AvgIpc) is 2.68. The Morgan fingerprint density at radius 3 is 2.71 bits per heavy atom. The first kappa shape index (κ1) is 12.4. The summed E-state index contributed by atoms with van der Waals surface area (Å²) < 4.78 is 6.05. The minimum atomic E-state index is 0.307. The molecule has 94 valence electrons. The molecule has 1 heterocycles. The Balaban J connectivity index is 2.27. The van der Waals surface area contributed by atoms with Gasteiger partial charge in [-0.1, -0.05) is 39.3 Å². The Morgan fingerprint density at radius 2 is 2.06 bits per heavy atom. The third-order valence-corrected chi connectivity index (χ3v) is 3.46. The number of ether oxygens (including phenoxy) is 1. The van der Waals surface area contributed by atoms with Crippen molar-refractivity contribution < 1.29 is 4.74 Å². The molecule has 0 spiro atoms. The zero-order valence-electron chi connectivity index (χ0n) is 11.1. The van der Waals surface area contributed by atoms with Crippen LogP contribution in [0, 0.1) is 0 Å². The average molecular weight is 233 g/mol. The van der Waals surface area contributed by atoms with Gasteiger partial charge in [-0.2, -0.15) is 0 Å². The van der Waals surface area contributed by atoms with Crippen molar-refractivity contribution in [2.24, 2.45) is 0 Å². The molecule has 0 bridgehead atoms. The fraction of sp³-hybridized carbons (Fsp3) is 0.600. The van der Waals surface area contributed by atoms with Crippen LogP contribution in [0.1, 0.15) is 50.8 Å². The number of fused-ring (bicyclic) bond motifs is 1. The highest BCUT2D eigenvalue weighted by atomic mass is 16.5. The molecule has 2 heteroatoms. The molecule has 1 aromatic rings. The molecule has 1 aliphatic rings. The summed E-state index contributed by atoms with van der Waals surface area (Å²) in [6.07, 6.45) is 3.68. The molecule has 2 rings (SSSR count). The van der Waals surface area contributed by atoms with Gasteiger partial charge in [0.25, 0.3) is 0 Å². The summed E-state index contributed by atoms with van der Waals surface area (Å²) >= 11 is 0. The van der Waals surface area contributed by atoms with Crippen LogP contribution < -0.4 is 10.1 Å². The molecule has 2 nitrogen and oxygen atoms in total. The molecule has 0 saturated carbocycles. The number of nitrogens with one attached hydrogen (secondary N) is 1. The van der Waals surface area contributed by atoms with E-state index in [0.717, 1.165) is 25.1 Å². The predicted molar refractivity (Wildman–Crippen MR) is 71.6 cm³/mol. The molecule has 1 N–H and O–H groups in total. The summed E-state index contributed by atoms with van der Waals surface area (Å²) in [4.78, 5) is 0. The van der Waals surface area contributed by atoms with E-state index in [2.05, 4.69) is 44.3 Å². The molecule has 1 aliphatic heterocycles. The van der Waals surface area contributed by atoms with Crippen molar-refractivity contribution in [2.75, 3.05) is 6.54 Å². The van der Waals surface area contributed by atoms with Crippen LogP contribution in [-0.4, -0.2) is 12.6 Å². The first-order valence-electron chi connectivity index (χ1n) is 6.83. The molecular weight excluding hydrogens is 210 g/mol. The van der Waals surface area contributed by atoms with Gasteiger partial charge in [-0.15, -0.1) is 0 Å². The van der Waals surface area contributed by atoms with Crippen LogP contribution in [0.25, 0.3) is 0 Å². The summed E-state index contributed by atoms with van der Waals surface area (Å²) in [5, 5.41) is 3.56. The van der Waals surface area contributed by atoms with Crippen LogP contribution in [0.5, 0.6) is 5.75 Å². The lowest BCUT2D eigenvalue weighted by Gasteiger charge is -2.19. The maximum absolute atomic E-state index is 6.05. The number of aryl methyl sites for hydroxylation is 1. The van der Waals surface area contributed by atoms with E-state index in [4.69, 9.17) is 4.74 Å². The van der Waals surface area contributed by atoms with Crippen molar-refractivity contribution in [2.45, 2.75) is 52.2 Å². The number of hydrogen-bond acceptors (Lipinski definition) is 2. The minimum Gasteiger partial charge on any atom is -0.488 e. The molecule has 2 atom stereocenters. The summed E-state index contributed by atoms with van der Waals surface area (Å²) in [6, 6.07) is 6.99. The molecule has 1 aromatic carbocycles. The molecule has 2 unspecified atom stereocenters. The smallest absolute Gasteiger partial charge is 0.124 e. The first-order chi connectivity index (χ1) is 8.30. The van der Waals surface area contributed by atoms with Gasteiger partial charge < -0.3 is 10.1 Å². The van der Waals surface area contributed by atoms with Crippen molar-refractivity contribution >= 4 is 0 Å². The Hall–Kier alpha value is -1.02. The van der Waals surface area contributed by atoms with Crippen LogP contribution in [0.4, 0.5) is 0 Å². The van der Waals surface area contributed by atoms with Crippen LogP contribution in [0.2, 0.25) is 0 Å². The second-order valence-electron chi connectivity index (χ2n) is 4.71. The molecule has 0 fully saturated rings. The van der Waals surface area contributed by atoms with E-state index in [1.54, 1.807) is 0 Å². The lowest BCUT2D eigenvalue weighted by Crippen LogP contribution is -2.30. The van der Waals surface area contributed by atoms with E-state index >= 15 is 0 Å². The Morgan fingerprint density at radius 1 is 1.24 bits per heavy atom. The number of rotatable bonds is 5. The normalized spacial score (nSPS) is 22.3. The van der Waals surface area contributed by atoms with Gasteiger partial charge in [0.2, 0.25) is 0 Å². The van der Waals surface area contributed by atoms with E-state index in [9.17, 15) is 0 Å². The second kappa shape index (κ2) is 5.54. The van der Waals surface area contributed by atoms with Gasteiger partial charge >= 0.3 is 0 Å². The monoisotopic (exact) mass is 233 g/mol. The van der Waals surface area contributed by atoms with Crippen molar-refractivity contribution in [3.8, 4) is 5.75 Å². The molecule has 17 heavy (non-hydrogen) atoms. The van der Waals surface area contributed by atoms with Crippen LogP contribution in [0.3, 0.4) is 0 Å². The summed E-state index contributed by atoms with van der Waals surface area (Å²) in [7, 11) is 0. The van der Waals surface area contributed by atoms with E-state index in [0.29, 0.717) is 12.1 Å². The van der Waals surface area contributed by atoms with E-state index in [-0.39, 0.29) is 0 Å². The zero-order chi connectivity index (χ0) is 12.3. The Kier molecular flexibility index (Phi) is 4.06. The van der Waals surface area contributed by atoms with Gasteiger partial charge in [0, 0.05) is 5.56 Å². The van der Waals surface area contributed by atoms with Gasteiger partial charge in [0.15, 0.2) is 0 Å². The zero-order valence-corrected chi connectivity index (χ0v) is 11.1. The maximum atomic E-state index is 6.05. The molecule has 0 aliphatic carbocycles. The largest absolute Gasteiger partial charge is 0.488 e. The molecule has 0 amide bonds. The standard InChI is InChI=1S/C15H23NO/c1-4-7-14-15(16-6-3)12-10-11(5-2)8-9-13(12)17-14/h8-10,14-16H,4-7H2,1-3H3. The lowest BCUT2D eigenvalue weighted by molar-refractivity contribution is 0.179.